The molecule has 2 fully saturated rings. The Kier molecular flexibility index (Phi) is 6.71. The maximum atomic E-state index is 12.4. The van der Waals surface area contributed by atoms with Gasteiger partial charge in [0, 0.05) is 42.5 Å². The second-order valence-corrected chi connectivity index (χ2v) is 8.84. The van der Waals surface area contributed by atoms with Crippen LogP contribution in [-0.4, -0.2) is 73.9 Å². The molecule has 4 rings (SSSR count). The van der Waals surface area contributed by atoms with Crippen LogP contribution < -0.4 is 15.5 Å². The second kappa shape index (κ2) is 9.35. The van der Waals surface area contributed by atoms with E-state index >= 15 is 0 Å². The fraction of sp³-hybridized carbons (Fsp3) is 0.435. The van der Waals surface area contributed by atoms with E-state index in [-0.39, 0.29) is 37.9 Å². The first-order chi connectivity index (χ1) is 15.3. The molecule has 0 spiro atoms. The third-order valence-electron chi connectivity index (χ3n) is 5.87. The highest BCUT2D eigenvalue weighted by atomic mass is 35.5. The van der Waals surface area contributed by atoms with Crippen molar-refractivity contribution in [3.63, 3.8) is 0 Å². The molecule has 0 saturated carbocycles. The number of amides is 1. The van der Waals surface area contributed by atoms with Crippen molar-refractivity contribution in [1.29, 1.82) is 0 Å². The largest absolute Gasteiger partial charge is 0.387 e. The first-order valence-corrected chi connectivity index (χ1v) is 10.9. The SMILES string of the molecule is CN(C)c1ccc(C(=O)NC[C@]2(O)CO[C@H](CNC3OC3c3ccccc3Cl)[C@H]2O)cc1. The summed E-state index contributed by atoms with van der Waals surface area (Å²) in [5, 5.41) is 27.9. The van der Waals surface area contributed by atoms with Crippen molar-refractivity contribution in [2.24, 2.45) is 0 Å². The van der Waals surface area contributed by atoms with Crippen molar-refractivity contribution >= 4 is 23.2 Å². The van der Waals surface area contributed by atoms with Gasteiger partial charge in [-0.25, -0.2) is 0 Å². The average molecular weight is 462 g/mol. The van der Waals surface area contributed by atoms with E-state index in [0.29, 0.717) is 10.6 Å². The van der Waals surface area contributed by atoms with Gasteiger partial charge in [0.05, 0.1) is 19.3 Å². The van der Waals surface area contributed by atoms with Gasteiger partial charge >= 0.3 is 0 Å². The van der Waals surface area contributed by atoms with E-state index in [2.05, 4.69) is 10.6 Å². The van der Waals surface area contributed by atoms with E-state index in [4.69, 9.17) is 21.1 Å². The third-order valence-corrected chi connectivity index (χ3v) is 6.22. The summed E-state index contributed by atoms with van der Waals surface area (Å²) in [6, 6.07) is 14.6. The summed E-state index contributed by atoms with van der Waals surface area (Å²) < 4.78 is 11.2. The van der Waals surface area contributed by atoms with Crippen LogP contribution in [0.1, 0.15) is 22.0 Å². The summed E-state index contributed by atoms with van der Waals surface area (Å²) in [7, 11) is 3.84. The molecule has 2 heterocycles. The lowest BCUT2D eigenvalue weighted by atomic mass is 9.96. The van der Waals surface area contributed by atoms with Crippen molar-refractivity contribution in [2.75, 3.05) is 38.7 Å². The van der Waals surface area contributed by atoms with Crippen LogP contribution in [0.4, 0.5) is 5.69 Å². The number of nitrogens with one attached hydrogen (secondary N) is 2. The molecule has 172 valence electrons. The Bertz CT molecular complexity index is 957. The highest BCUT2D eigenvalue weighted by Gasteiger charge is 2.49. The Morgan fingerprint density at radius 2 is 1.94 bits per heavy atom. The fourth-order valence-electron chi connectivity index (χ4n) is 3.79. The van der Waals surface area contributed by atoms with Crippen LogP contribution in [0.3, 0.4) is 0 Å². The standard InChI is InChI=1S/C23H28ClN3O5/c1-27(2)15-9-7-14(8-10-15)21(29)26-12-23(30)13-31-18(20(23)28)11-25-22-19(32-22)16-5-3-4-6-17(16)24/h3-10,18-20,22,25,28,30H,11-13H2,1-2H3,(H,26,29)/t18-,19?,20-,22?,23+/m1/s1. The number of epoxide rings is 1. The van der Waals surface area contributed by atoms with E-state index in [1.807, 2.05) is 55.4 Å². The first-order valence-electron chi connectivity index (χ1n) is 10.5. The van der Waals surface area contributed by atoms with Crippen LogP contribution in [0.5, 0.6) is 0 Å². The minimum absolute atomic E-state index is 0.0835. The normalized spacial score (nSPS) is 29.0. The number of anilines is 1. The molecule has 0 radical (unpaired) electrons. The van der Waals surface area contributed by atoms with Gasteiger partial charge in [-0.2, -0.15) is 0 Å². The zero-order valence-electron chi connectivity index (χ0n) is 18.0. The van der Waals surface area contributed by atoms with Crippen LogP contribution >= 0.6 is 11.6 Å². The number of ether oxygens (including phenoxy) is 2. The van der Waals surface area contributed by atoms with Gasteiger partial charge < -0.3 is 29.9 Å². The number of hydrogen-bond donors (Lipinski definition) is 4. The lowest BCUT2D eigenvalue weighted by Crippen LogP contribution is -2.53. The van der Waals surface area contributed by atoms with Crippen molar-refractivity contribution in [3.8, 4) is 0 Å². The van der Waals surface area contributed by atoms with E-state index < -0.39 is 17.8 Å². The Balaban J connectivity index is 1.25. The molecule has 5 atom stereocenters. The van der Waals surface area contributed by atoms with Crippen LogP contribution in [-0.2, 0) is 9.47 Å². The molecule has 2 saturated heterocycles. The number of aliphatic hydroxyl groups is 2. The van der Waals surface area contributed by atoms with Crippen LogP contribution in [0.2, 0.25) is 5.02 Å². The molecule has 4 N–H and O–H groups in total. The van der Waals surface area contributed by atoms with E-state index in [9.17, 15) is 15.0 Å². The highest BCUT2D eigenvalue weighted by Crippen LogP contribution is 2.40. The predicted molar refractivity (Wildman–Crippen MR) is 121 cm³/mol. The van der Waals surface area contributed by atoms with E-state index in [1.165, 1.54) is 0 Å². The molecule has 2 aliphatic rings. The number of benzene rings is 2. The Hall–Kier alpha value is -2.20. The quantitative estimate of drug-likeness (QED) is 0.439. The number of rotatable bonds is 8. The van der Waals surface area contributed by atoms with Gasteiger partial charge in [-0.1, -0.05) is 29.8 Å². The van der Waals surface area contributed by atoms with Crippen LogP contribution in [0, 0.1) is 0 Å². The first kappa shape index (κ1) is 23.0. The zero-order valence-corrected chi connectivity index (χ0v) is 18.7. The van der Waals surface area contributed by atoms with E-state index in [1.54, 1.807) is 12.1 Å². The van der Waals surface area contributed by atoms with Gasteiger partial charge in [0.1, 0.15) is 24.0 Å². The summed E-state index contributed by atoms with van der Waals surface area (Å²) in [5.74, 6) is -0.327. The Morgan fingerprint density at radius 3 is 2.62 bits per heavy atom. The van der Waals surface area contributed by atoms with Crippen LogP contribution in [0.25, 0.3) is 0 Å². The summed E-state index contributed by atoms with van der Waals surface area (Å²) in [4.78, 5) is 14.4. The van der Waals surface area contributed by atoms with Gasteiger partial charge in [0.15, 0.2) is 0 Å². The van der Waals surface area contributed by atoms with E-state index in [0.717, 1.165) is 11.3 Å². The highest BCUT2D eigenvalue weighted by molar-refractivity contribution is 6.31. The lowest BCUT2D eigenvalue weighted by Gasteiger charge is -2.26. The summed E-state index contributed by atoms with van der Waals surface area (Å²) in [6.45, 7) is 0.0793. The van der Waals surface area contributed by atoms with Crippen LogP contribution in [0.15, 0.2) is 48.5 Å². The molecule has 8 nitrogen and oxygen atoms in total. The number of carbonyl (C=O) groups is 1. The smallest absolute Gasteiger partial charge is 0.251 e. The molecule has 2 aliphatic heterocycles. The van der Waals surface area contributed by atoms with Gasteiger partial charge in [-0.15, -0.1) is 0 Å². The summed E-state index contributed by atoms with van der Waals surface area (Å²) in [5.41, 5.74) is 0.782. The number of nitrogens with zero attached hydrogens (tertiary/aromatic N) is 1. The Labute approximate surface area is 192 Å². The summed E-state index contributed by atoms with van der Waals surface area (Å²) >= 11 is 6.20. The third kappa shape index (κ3) is 4.91. The van der Waals surface area contributed by atoms with Crippen molar-refractivity contribution < 1.29 is 24.5 Å². The van der Waals surface area contributed by atoms with Crippen molar-refractivity contribution in [1.82, 2.24) is 10.6 Å². The van der Waals surface area contributed by atoms with Crippen molar-refractivity contribution in [2.45, 2.75) is 30.1 Å². The topological polar surface area (TPSA) is 107 Å². The molecule has 2 aromatic rings. The molecule has 2 unspecified atom stereocenters. The average Bonchev–Trinajstić information content (AvgIpc) is 3.50. The second-order valence-electron chi connectivity index (χ2n) is 8.43. The molecule has 1 amide bonds. The maximum Gasteiger partial charge on any atom is 0.251 e. The molecule has 0 aliphatic carbocycles. The molecule has 0 aromatic heterocycles. The monoisotopic (exact) mass is 461 g/mol. The summed E-state index contributed by atoms with van der Waals surface area (Å²) in [6.07, 6.45) is -2.18. The fourth-order valence-corrected chi connectivity index (χ4v) is 4.03. The zero-order chi connectivity index (χ0) is 22.9. The van der Waals surface area contributed by atoms with Gasteiger partial charge in [0.2, 0.25) is 0 Å². The van der Waals surface area contributed by atoms with Gasteiger partial charge in [-0.05, 0) is 30.3 Å². The molecule has 32 heavy (non-hydrogen) atoms. The molecule has 9 heteroatoms. The lowest BCUT2D eigenvalue weighted by molar-refractivity contribution is -0.0467. The van der Waals surface area contributed by atoms with Gasteiger partial charge in [0.25, 0.3) is 5.91 Å². The molecular formula is C23H28ClN3O5. The predicted octanol–water partition coefficient (Wildman–Crippen LogP) is 1.31. The molecular weight excluding hydrogens is 434 g/mol. The Morgan fingerprint density at radius 1 is 1.22 bits per heavy atom. The van der Waals surface area contributed by atoms with Crippen molar-refractivity contribution in [3.05, 3.63) is 64.7 Å². The molecule has 0 bridgehead atoms. The number of halogens is 1. The van der Waals surface area contributed by atoms with Gasteiger partial charge in [-0.3, -0.25) is 10.1 Å². The number of aliphatic hydroxyl groups excluding tert-OH is 1. The number of carbonyl (C=O) groups excluding carboxylic acids is 1. The molecule has 2 aromatic carbocycles. The minimum Gasteiger partial charge on any atom is -0.387 e. The number of hydrogen-bond acceptors (Lipinski definition) is 7. The minimum atomic E-state index is -1.57. The maximum absolute atomic E-state index is 12.4.